The van der Waals surface area contributed by atoms with Gasteiger partial charge in [0.25, 0.3) is 0 Å². The molecule has 2 fully saturated rings. The molecule has 5 heteroatoms. The minimum Gasteiger partial charge on any atom is -0.324 e. The van der Waals surface area contributed by atoms with Gasteiger partial charge in [-0.05, 0) is 55.1 Å². The van der Waals surface area contributed by atoms with Crippen LogP contribution in [0.2, 0.25) is 0 Å². The normalized spacial score (nSPS) is 22.2. The molecule has 154 valence electrons. The molecule has 1 N–H and O–H groups in total. The van der Waals surface area contributed by atoms with E-state index in [0.29, 0.717) is 12.0 Å². The van der Waals surface area contributed by atoms with E-state index in [4.69, 9.17) is 4.98 Å². The second-order valence-electron chi connectivity index (χ2n) is 9.00. The predicted molar refractivity (Wildman–Crippen MR) is 122 cm³/mol. The third kappa shape index (κ3) is 3.26. The number of likely N-dealkylation sites (tertiary alicyclic amines) is 1. The average Bonchev–Trinajstić information content (AvgIpc) is 3.53. The highest BCUT2D eigenvalue weighted by molar-refractivity contribution is 5.76. The standard InChI is InChI=1S/C25H29N5/c1-2-4-24-23(3-1)28-25(20-7-11-26-16-20)30(24)21-9-13-29(14-10-21)17-18-5-6-22-19(15-18)8-12-27-22/h1-6,12,15,20-21,26H,7-11,13-14,16-17H2/t20-/m1/s1. The molecule has 30 heavy (non-hydrogen) atoms. The molecule has 0 unspecified atom stereocenters. The van der Waals surface area contributed by atoms with E-state index in [0.717, 1.165) is 50.3 Å². The maximum Gasteiger partial charge on any atom is 0.114 e. The second-order valence-corrected chi connectivity index (χ2v) is 9.00. The van der Waals surface area contributed by atoms with Crippen molar-refractivity contribution in [3.8, 4) is 0 Å². The highest BCUT2D eigenvalue weighted by Gasteiger charge is 2.29. The molecule has 2 aromatic carbocycles. The zero-order valence-electron chi connectivity index (χ0n) is 17.4. The Morgan fingerprint density at radius 3 is 2.80 bits per heavy atom. The number of piperidine rings is 1. The maximum absolute atomic E-state index is 5.09. The number of hydrogen-bond donors (Lipinski definition) is 1. The molecule has 2 saturated heterocycles. The van der Waals surface area contributed by atoms with Gasteiger partial charge in [0.05, 0.1) is 16.7 Å². The summed E-state index contributed by atoms with van der Waals surface area (Å²) in [6, 6.07) is 16.0. The lowest BCUT2D eigenvalue weighted by atomic mass is 10.0. The number of aliphatic imine (C=N–C) groups is 1. The van der Waals surface area contributed by atoms with Gasteiger partial charge in [-0.25, -0.2) is 4.98 Å². The second kappa shape index (κ2) is 7.64. The first-order valence-corrected chi connectivity index (χ1v) is 11.4. The number of hydrogen-bond acceptors (Lipinski definition) is 4. The van der Waals surface area contributed by atoms with Crippen LogP contribution in [0, 0.1) is 0 Å². The van der Waals surface area contributed by atoms with Gasteiger partial charge in [-0.15, -0.1) is 0 Å². The van der Waals surface area contributed by atoms with Crippen LogP contribution < -0.4 is 5.32 Å². The maximum atomic E-state index is 5.09. The molecule has 0 aliphatic carbocycles. The minimum absolute atomic E-state index is 0.545. The summed E-state index contributed by atoms with van der Waals surface area (Å²) in [4.78, 5) is 12.1. The number of nitrogens with one attached hydrogen (secondary N) is 1. The summed E-state index contributed by atoms with van der Waals surface area (Å²) < 4.78 is 2.59. The molecule has 0 bridgehead atoms. The molecule has 3 aliphatic heterocycles. The van der Waals surface area contributed by atoms with Crippen molar-refractivity contribution >= 4 is 22.9 Å². The van der Waals surface area contributed by atoms with Gasteiger partial charge < -0.3 is 9.88 Å². The number of nitrogens with zero attached hydrogens (tertiary/aromatic N) is 4. The van der Waals surface area contributed by atoms with E-state index in [-0.39, 0.29) is 0 Å². The SMILES string of the molecule is C1=Nc2ccc(CN3CCC(n4c([C@@H]5CCNC5)nc5ccccc54)CC3)cc2C1. The lowest BCUT2D eigenvalue weighted by molar-refractivity contribution is 0.179. The molecule has 1 aromatic heterocycles. The van der Waals surface area contributed by atoms with E-state index in [1.54, 1.807) is 0 Å². The van der Waals surface area contributed by atoms with E-state index in [9.17, 15) is 0 Å². The van der Waals surface area contributed by atoms with Crippen LogP contribution in [0.25, 0.3) is 11.0 Å². The lowest BCUT2D eigenvalue weighted by Gasteiger charge is -2.34. The molecular weight excluding hydrogens is 370 g/mol. The summed E-state index contributed by atoms with van der Waals surface area (Å²) >= 11 is 0. The third-order valence-corrected chi connectivity index (χ3v) is 7.06. The summed E-state index contributed by atoms with van der Waals surface area (Å²) in [5.41, 5.74) is 6.42. The Labute approximate surface area is 177 Å². The fourth-order valence-corrected chi connectivity index (χ4v) is 5.47. The van der Waals surface area contributed by atoms with Crippen molar-refractivity contribution in [1.82, 2.24) is 19.8 Å². The minimum atomic E-state index is 0.545. The van der Waals surface area contributed by atoms with Gasteiger partial charge >= 0.3 is 0 Å². The fourth-order valence-electron chi connectivity index (χ4n) is 5.47. The molecule has 6 rings (SSSR count). The van der Waals surface area contributed by atoms with Crippen molar-refractivity contribution in [3.05, 3.63) is 59.4 Å². The molecule has 0 spiro atoms. The van der Waals surface area contributed by atoms with Crippen molar-refractivity contribution in [3.63, 3.8) is 0 Å². The van der Waals surface area contributed by atoms with Gasteiger partial charge in [0, 0.05) is 50.8 Å². The van der Waals surface area contributed by atoms with E-state index >= 15 is 0 Å². The number of fused-ring (bicyclic) bond motifs is 2. The first-order valence-electron chi connectivity index (χ1n) is 11.4. The zero-order valence-corrected chi connectivity index (χ0v) is 17.4. The number of imidazole rings is 1. The molecule has 5 nitrogen and oxygen atoms in total. The molecule has 0 saturated carbocycles. The van der Waals surface area contributed by atoms with Crippen molar-refractivity contribution in [2.45, 2.75) is 44.2 Å². The quantitative estimate of drug-likeness (QED) is 0.715. The highest BCUT2D eigenvalue weighted by Crippen LogP contribution is 2.34. The van der Waals surface area contributed by atoms with E-state index in [1.165, 1.54) is 41.7 Å². The van der Waals surface area contributed by atoms with Gasteiger partial charge in [-0.1, -0.05) is 24.3 Å². The zero-order chi connectivity index (χ0) is 19.9. The molecule has 0 radical (unpaired) electrons. The van der Waals surface area contributed by atoms with Gasteiger partial charge in [-0.2, -0.15) is 0 Å². The van der Waals surface area contributed by atoms with Crippen molar-refractivity contribution in [1.29, 1.82) is 0 Å². The van der Waals surface area contributed by atoms with Gasteiger partial charge in [0.2, 0.25) is 0 Å². The van der Waals surface area contributed by atoms with Crippen LogP contribution in [-0.2, 0) is 13.0 Å². The smallest absolute Gasteiger partial charge is 0.114 e. The Morgan fingerprint density at radius 1 is 1.03 bits per heavy atom. The van der Waals surface area contributed by atoms with E-state index in [2.05, 4.69) is 62.2 Å². The summed E-state index contributed by atoms with van der Waals surface area (Å²) in [6.07, 6.45) is 6.60. The van der Waals surface area contributed by atoms with E-state index in [1.807, 2.05) is 6.21 Å². The van der Waals surface area contributed by atoms with Crippen LogP contribution in [0.3, 0.4) is 0 Å². The number of benzene rings is 2. The first-order chi connectivity index (χ1) is 14.8. The molecule has 1 atom stereocenters. The Hall–Kier alpha value is -2.50. The predicted octanol–water partition coefficient (Wildman–Crippen LogP) is 4.21. The highest BCUT2D eigenvalue weighted by atomic mass is 15.2. The number of para-hydroxylation sites is 2. The first kappa shape index (κ1) is 18.3. The molecule has 0 amide bonds. The summed E-state index contributed by atoms with van der Waals surface area (Å²) in [6.45, 7) is 5.51. The Bertz CT molecular complexity index is 1080. The van der Waals surface area contributed by atoms with E-state index < -0.39 is 0 Å². The lowest BCUT2D eigenvalue weighted by Crippen LogP contribution is -2.34. The number of aromatic nitrogens is 2. The summed E-state index contributed by atoms with van der Waals surface area (Å²) in [7, 11) is 0. The van der Waals surface area contributed by atoms with Crippen LogP contribution in [0.15, 0.2) is 47.5 Å². The van der Waals surface area contributed by atoms with Crippen LogP contribution in [-0.4, -0.2) is 46.8 Å². The molecule has 4 heterocycles. The summed E-state index contributed by atoms with van der Waals surface area (Å²) in [5.74, 6) is 1.85. The number of rotatable bonds is 4. The van der Waals surface area contributed by atoms with Crippen molar-refractivity contribution < 1.29 is 0 Å². The van der Waals surface area contributed by atoms with Crippen LogP contribution in [0.5, 0.6) is 0 Å². The Kier molecular flexibility index (Phi) is 4.65. The largest absolute Gasteiger partial charge is 0.324 e. The summed E-state index contributed by atoms with van der Waals surface area (Å²) in [5, 5.41) is 3.53. The van der Waals surface area contributed by atoms with Crippen LogP contribution >= 0.6 is 0 Å². The van der Waals surface area contributed by atoms with Crippen LogP contribution in [0.4, 0.5) is 5.69 Å². The van der Waals surface area contributed by atoms with Gasteiger partial charge in [0.15, 0.2) is 0 Å². The Morgan fingerprint density at radius 2 is 1.93 bits per heavy atom. The fraction of sp³-hybridized carbons (Fsp3) is 0.440. The van der Waals surface area contributed by atoms with Crippen molar-refractivity contribution in [2.75, 3.05) is 26.2 Å². The van der Waals surface area contributed by atoms with Crippen LogP contribution in [0.1, 0.15) is 48.2 Å². The Balaban J connectivity index is 1.20. The average molecular weight is 400 g/mol. The molecular formula is C25H29N5. The van der Waals surface area contributed by atoms with Crippen molar-refractivity contribution in [2.24, 2.45) is 4.99 Å². The van der Waals surface area contributed by atoms with Gasteiger partial charge in [0.1, 0.15) is 5.82 Å². The third-order valence-electron chi connectivity index (χ3n) is 7.06. The monoisotopic (exact) mass is 399 g/mol. The van der Waals surface area contributed by atoms with Gasteiger partial charge in [-0.3, -0.25) is 9.89 Å². The molecule has 3 aromatic rings. The topological polar surface area (TPSA) is 45.5 Å². The molecule has 3 aliphatic rings.